The van der Waals surface area contributed by atoms with E-state index in [1.165, 1.54) is 0 Å². The fraction of sp³-hybridized carbons (Fsp3) is 0.273. The van der Waals surface area contributed by atoms with Crippen molar-refractivity contribution in [2.24, 2.45) is 0 Å². The second-order valence-electron chi connectivity index (χ2n) is 21.6. The van der Waals surface area contributed by atoms with Gasteiger partial charge in [0.25, 0.3) is 0 Å². The molecule has 5 heteroatoms. The van der Waals surface area contributed by atoms with Crippen LogP contribution >= 0.6 is 0 Å². The minimum atomic E-state index is -2.60. The van der Waals surface area contributed by atoms with Gasteiger partial charge in [-0.25, -0.2) is 4.98 Å². The number of hydrogen-bond acceptors (Lipinski definition) is 3. The van der Waals surface area contributed by atoms with Crippen LogP contribution in [0, 0.1) is 12.9 Å². The Labute approximate surface area is 444 Å². The summed E-state index contributed by atoms with van der Waals surface area (Å²) >= 11 is 0. The van der Waals surface area contributed by atoms with Crippen LogP contribution in [0.2, 0.25) is 0 Å². The molecule has 9 aromatic rings. The number of aromatic hydroxyl groups is 1. The van der Waals surface area contributed by atoms with Gasteiger partial charge in [0, 0.05) is 45.4 Å². The number of rotatable bonds is 10. The average molecular weight is 1120 g/mol. The van der Waals surface area contributed by atoms with Gasteiger partial charge in [-0.1, -0.05) is 203 Å². The Balaban J connectivity index is 0.00000765. The van der Waals surface area contributed by atoms with Crippen molar-refractivity contribution in [2.75, 3.05) is 0 Å². The maximum atomic E-state index is 12.6. The number of phenols is 1. The van der Waals surface area contributed by atoms with Crippen LogP contribution in [0.4, 0.5) is 0 Å². The number of phenolic OH excluding ortho intramolecular Hbond substituents is 1. The number of imidazole rings is 1. The van der Waals surface area contributed by atoms with Crippen LogP contribution in [0.25, 0.3) is 83.9 Å². The zero-order valence-electron chi connectivity index (χ0n) is 48.1. The first kappa shape index (κ1) is 44.6. The van der Waals surface area contributed by atoms with Crippen LogP contribution in [0.5, 0.6) is 5.75 Å². The molecule has 2 heterocycles. The van der Waals surface area contributed by atoms with E-state index in [4.69, 9.17) is 11.3 Å². The van der Waals surface area contributed by atoms with Gasteiger partial charge in [0.1, 0.15) is 11.6 Å². The first-order valence-electron chi connectivity index (χ1n) is 27.0. The standard InChI is InChI=1S/C66H68N3O.Pt/c1-40(2)44-25-27-46(28-26-44)47-31-32-67-58(37-47)51-35-49(45-19-15-14-16-20-45)34-50(36-51)55-23-18-24-60-62(55)68-64(56-38-52(65(8,9)10)39-57(63(56)70)66(11,12)13)69(60)59-30-29-48(33-43(59)7)61-53(41(3)4)21-17-22-54(61)42(5)6;/h14-35,37-42,70H,1-13H3;/q-1;/i7D3,40D,41D;. The second kappa shape index (κ2) is 20.0. The maximum Gasteiger partial charge on any atom is 0.148 e. The summed E-state index contributed by atoms with van der Waals surface area (Å²) in [5.41, 5.74) is 14.6. The number of benzene rings is 7. The Morgan fingerprint density at radius 1 is 0.606 bits per heavy atom. The van der Waals surface area contributed by atoms with Gasteiger partial charge in [0.15, 0.2) is 0 Å². The summed E-state index contributed by atoms with van der Waals surface area (Å²) in [6.45, 7) is 21.9. The quantitative estimate of drug-likeness (QED) is 0.139. The van der Waals surface area contributed by atoms with Gasteiger partial charge in [-0.15, -0.1) is 23.8 Å². The van der Waals surface area contributed by atoms with Crippen molar-refractivity contribution in [3.8, 4) is 78.6 Å². The van der Waals surface area contributed by atoms with Gasteiger partial charge >= 0.3 is 0 Å². The number of fused-ring (bicyclic) bond motifs is 1. The third kappa shape index (κ3) is 10.1. The van der Waals surface area contributed by atoms with Crippen molar-refractivity contribution < 1.29 is 33.0 Å². The summed E-state index contributed by atoms with van der Waals surface area (Å²) in [7, 11) is 0. The number of pyridine rings is 1. The molecule has 0 fully saturated rings. The van der Waals surface area contributed by atoms with Crippen molar-refractivity contribution >= 4 is 11.0 Å². The zero-order valence-corrected chi connectivity index (χ0v) is 45.4. The topological polar surface area (TPSA) is 50.9 Å². The molecule has 0 atom stereocenters. The maximum absolute atomic E-state index is 12.6. The molecule has 0 aliphatic carbocycles. The predicted octanol–water partition coefficient (Wildman–Crippen LogP) is 18.2. The molecule has 71 heavy (non-hydrogen) atoms. The van der Waals surface area contributed by atoms with Gasteiger partial charge in [-0.2, -0.15) is 0 Å². The number of nitrogens with zero attached hydrogens (tertiary/aromatic N) is 3. The van der Waals surface area contributed by atoms with E-state index in [2.05, 4.69) is 116 Å². The Morgan fingerprint density at radius 2 is 1.28 bits per heavy atom. The third-order valence-electron chi connectivity index (χ3n) is 13.6. The molecule has 9 rings (SSSR count). The van der Waals surface area contributed by atoms with Crippen molar-refractivity contribution in [1.29, 1.82) is 0 Å². The molecule has 0 saturated carbocycles. The first-order chi connectivity index (χ1) is 35.1. The molecule has 0 saturated heterocycles. The van der Waals surface area contributed by atoms with Crippen molar-refractivity contribution in [3.63, 3.8) is 0 Å². The van der Waals surface area contributed by atoms with Crippen LogP contribution < -0.4 is 0 Å². The molecule has 364 valence electrons. The van der Waals surface area contributed by atoms with E-state index < -0.39 is 24.1 Å². The number of hydrogen-bond donors (Lipinski definition) is 1. The van der Waals surface area contributed by atoms with E-state index in [-0.39, 0.29) is 43.7 Å². The molecule has 2 aromatic heterocycles. The Morgan fingerprint density at radius 3 is 1.94 bits per heavy atom. The molecular weight excluding hydrogens is 1050 g/mol. The fourth-order valence-corrected chi connectivity index (χ4v) is 9.63. The summed E-state index contributed by atoms with van der Waals surface area (Å²) in [4.78, 5) is 10.5. The summed E-state index contributed by atoms with van der Waals surface area (Å²) < 4.78 is 47.4. The molecule has 4 nitrogen and oxygen atoms in total. The SMILES string of the molecule is [2H]C([2H])([2H])c1cc(-c2c(C(C)C)cccc2C([2H])(C)C)ccc1-n1c(-c2cc(C(C)(C)C)cc(C(C)(C)C)c2O)nc2c(-c3[c-]c(-c4cc(-c5ccc(C([2H])(C)C)cc5)ccn4)cc(-c4ccccc4)c3)cccc21.[Pt]. The Kier molecular flexibility index (Phi) is 12.6. The Bertz CT molecular complexity index is 3610. The van der Waals surface area contributed by atoms with E-state index in [1.807, 2.05) is 123 Å². The van der Waals surface area contributed by atoms with E-state index in [0.717, 1.165) is 83.6 Å². The molecule has 0 bridgehead atoms. The Hall–Kier alpha value is -6.35. The molecule has 1 N–H and O–H groups in total. The van der Waals surface area contributed by atoms with Gasteiger partial charge in [-0.3, -0.25) is 9.55 Å². The number of aryl methyl sites for hydroxylation is 1. The van der Waals surface area contributed by atoms with Crippen LogP contribution in [0.15, 0.2) is 152 Å². The third-order valence-corrected chi connectivity index (χ3v) is 13.6. The molecule has 0 spiro atoms. The molecule has 0 aliphatic heterocycles. The zero-order chi connectivity index (χ0) is 54.2. The van der Waals surface area contributed by atoms with Crippen LogP contribution in [-0.2, 0) is 31.9 Å². The molecule has 7 aromatic carbocycles. The summed E-state index contributed by atoms with van der Waals surface area (Å²) in [6, 6.07) is 52.1. The van der Waals surface area contributed by atoms with Crippen LogP contribution in [0.1, 0.15) is 141 Å². The minimum absolute atomic E-state index is 0. The van der Waals surface area contributed by atoms with E-state index in [1.54, 1.807) is 6.07 Å². The van der Waals surface area contributed by atoms with Crippen molar-refractivity contribution in [1.82, 2.24) is 14.5 Å². The molecule has 0 aliphatic rings. The van der Waals surface area contributed by atoms with E-state index in [9.17, 15) is 10.6 Å². The summed E-state index contributed by atoms with van der Waals surface area (Å²) in [6.07, 6.45) is 1.82. The summed E-state index contributed by atoms with van der Waals surface area (Å²) in [5.74, 6) is -1.10. The monoisotopic (exact) mass is 1120 g/mol. The molecule has 0 unspecified atom stereocenters. The summed E-state index contributed by atoms with van der Waals surface area (Å²) in [5, 5.41) is 12.6. The van der Waals surface area contributed by atoms with Gasteiger partial charge in [-0.05, 0) is 121 Å². The van der Waals surface area contributed by atoms with Crippen LogP contribution in [0.3, 0.4) is 0 Å². The average Bonchev–Trinajstić information content (AvgIpc) is 3.75. The van der Waals surface area contributed by atoms with E-state index in [0.29, 0.717) is 28.1 Å². The molecule has 0 radical (unpaired) electrons. The number of para-hydroxylation sites is 1. The van der Waals surface area contributed by atoms with Crippen LogP contribution in [-0.4, -0.2) is 19.6 Å². The van der Waals surface area contributed by atoms with Gasteiger partial charge in [0.05, 0.1) is 22.3 Å². The predicted molar refractivity (Wildman–Crippen MR) is 296 cm³/mol. The number of aromatic nitrogens is 3. The normalized spacial score (nSPS) is 13.6. The smallest absolute Gasteiger partial charge is 0.148 e. The van der Waals surface area contributed by atoms with Crippen molar-refractivity contribution in [3.05, 3.63) is 191 Å². The van der Waals surface area contributed by atoms with Crippen molar-refractivity contribution in [2.45, 2.75) is 118 Å². The molecule has 0 amide bonds. The van der Waals surface area contributed by atoms with E-state index >= 15 is 0 Å². The van der Waals surface area contributed by atoms with Gasteiger partial charge < -0.3 is 5.11 Å². The largest absolute Gasteiger partial charge is 0.507 e. The second-order valence-corrected chi connectivity index (χ2v) is 21.6. The van der Waals surface area contributed by atoms with Gasteiger partial charge in [0.2, 0.25) is 0 Å². The fourth-order valence-electron chi connectivity index (χ4n) is 9.63. The first-order valence-corrected chi connectivity index (χ1v) is 24.5. The minimum Gasteiger partial charge on any atom is -0.507 e. The molecular formula is C66H68N3OPt-.